The van der Waals surface area contributed by atoms with E-state index in [4.69, 9.17) is 29.6 Å². The maximum absolute atomic E-state index is 6.11. The molecule has 0 unspecified atom stereocenters. The van der Waals surface area contributed by atoms with Crippen LogP contribution in [-0.4, -0.2) is 0 Å². The quantitative estimate of drug-likeness (QED) is 0.624. The van der Waals surface area contributed by atoms with Gasteiger partial charge in [0.1, 0.15) is 0 Å². The van der Waals surface area contributed by atoms with Crippen molar-refractivity contribution >= 4 is 23.2 Å². The Morgan fingerprint density at radius 3 is 2.06 bits per heavy atom. The number of terminal acetylenes is 1. The van der Waals surface area contributed by atoms with Gasteiger partial charge in [-0.2, -0.15) is 0 Å². The van der Waals surface area contributed by atoms with Crippen molar-refractivity contribution in [3.63, 3.8) is 0 Å². The van der Waals surface area contributed by atoms with Crippen molar-refractivity contribution in [2.75, 3.05) is 0 Å². The average molecular weight is 271 g/mol. The van der Waals surface area contributed by atoms with E-state index in [1.54, 1.807) is 12.1 Å². The van der Waals surface area contributed by atoms with Crippen molar-refractivity contribution in [3.8, 4) is 24.2 Å². The lowest BCUT2D eigenvalue weighted by Gasteiger charge is -2.01. The summed E-state index contributed by atoms with van der Waals surface area (Å²) in [4.78, 5) is 0. The fraction of sp³-hybridized carbons (Fsp3) is 0. The second-order valence-electron chi connectivity index (χ2n) is 3.55. The van der Waals surface area contributed by atoms with E-state index in [-0.39, 0.29) is 0 Å². The van der Waals surface area contributed by atoms with Crippen LogP contribution in [0, 0.1) is 24.2 Å². The minimum Gasteiger partial charge on any atom is -0.115 e. The van der Waals surface area contributed by atoms with Crippen LogP contribution in [0.4, 0.5) is 0 Å². The normalized spacial score (nSPS) is 9.17. The van der Waals surface area contributed by atoms with Gasteiger partial charge in [-0.3, -0.25) is 0 Å². The molecule has 0 nitrogen and oxygen atoms in total. The molecule has 18 heavy (non-hydrogen) atoms. The molecule has 0 aliphatic carbocycles. The first kappa shape index (κ1) is 12.6. The van der Waals surface area contributed by atoms with E-state index in [1.807, 2.05) is 30.3 Å². The summed E-state index contributed by atoms with van der Waals surface area (Å²) in [6.07, 6.45) is 5.31. The molecular weight excluding hydrogens is 263 g/mol. The number of hydrogen-bond donors (Lipinski definition) is 0. The van der Waals surface area contributed by atoms with Gasteiger partial charge in [0, 0.05) is 16.7 Å². The maximum atomic E-state index is 6.11. The lowest BCUT2D eigenvalue weighted by molar-refractivity contribution is 1.59. The Hall–Kier alpha value is -1.86. The van der Waals surface area contributed by atoms with Gasteiger partial charge in [-0.1, -0.05) is 59.2 Å². The third kappa shape index (κ3) is 2.69. The van der Waals surface area contributed by atoms with Gasteiger partial charge in [0.2, 0.25) is 0 Å². The minimum absolute atomic E-state index is 0.374. The van der Waals surface area contributed by atoms with Crippen molar-refractivity contribution in [3.05, 3.63) is 69.2 Å². The maximum Gasteiger partial charge on any atom is 0.0761 e. The lowest BCUT2D eigenvalue weighted by atomic mass is 10.1. The van der Waals surface area contributed by atoms with Crippen molar-refractivity contribution < 1.29 is 0 Å². The van der Waals surface area contributed by atoms with E-state index in [0.717, 1.165) is 5.56 Å². The molecule has 0 bridgehead atoms. The molecule has 0 saturated carbocycles. The van der Waals surface area contributed by atoms with E-state index >= 15 is 0 Å². The highest BCUT2D eigenvalue weighted by Crippen LogP contribution is 2.28. The highest BCUT2D eigenvalue weighted by Gasteiger charge is 2.06. The van der Waals surface area contributed by atoms with E-state index in [0.29, 0.717) is 21.2 Å². The molecule has 2 heteroatoms. The lowest BCUT2D eigenvalue weighted by Crippen LogP contribution is -1.84. The van der Waals surface area contributed by atoms with E-state index in [1.165, 1.54) is 0 Å². The molecule has 0 N–H and O–H groups in total. The molecule has 0 aliphatic heterocycles. The van der Waals surface area contributed by atoms with Crippen molar-refractivity contribution in [2.24, 2.45) is 0 Å². The van der Waals surface area contributed by atoms with Gasteiger partial charge in [0.25, 0.3) is 0 Å². The van der Waals surface area contributed by atoms with Gasteiger partial charge in [0.05, 0.1) is 10.0 Å². The molecule has 0 spiro atoms. The minimum atomic E-state index is 0.374. The van der Waals surface area contributed by atoms with Crippen LogP contribution >= 0.6 is 23.2 Å². The zero-order valence-corrected chi connectivity index (χ0v) is 10.9. The summed E-state index contributed by atoms with van der Waals surface area (Å²) in [5.74, 6) is 8.48. The molecule has 2 aromatic rings. The molecule has 2 rings (SSSR count). The van der Waals surface area contributed by atoms with Gasteiger partial charge in [-0.05, 0) is 24.3 Å². The van der Waals surface area contributed by atoms with Crippen molar-refractivity contribution in [1.29, 1.82) is 0 Å². The van der Waals surface area contributed by atoms with Gasteiger partial charge < -0.3 is 0 Å². The first-order chi connectivity index (χ1) is 8.72. The molecule has 0 radical (unpaired) electrons. The zero-order chi connectivity index (χ0) is 13.0. The van der Waals surface area contributed by atoms with Gasteiger partial charge in [-0.15, -0.1) is 6.42 Å². The highest BCUT2D eigenvalue weighted by molar-refractivity contribution is 6.43. The van der Waals surface area contributed by atoms with Crippen LogP contribution < -0.4 is 0 Å². The van der Waals surface area contributed by atoms with Crippen LogP contribution in [0.25, 0.3) is 0 Å². The fourth-order valence-electron chi connectivity index (χ4n) is 1.42. The molecule has 86 valence electrons. The molecule has 2 aromatic carbocycles. The smallest absolute Gasteiger partial charge is 0.0761 e. The highest BCUT2D eigenvalue weighted by atomic mass is 35.5. The van der Waals surface area contributed by atoms with Crippen LogP contribution in [-0.2, 0) is 0 Å². The number of rotatable bonds is 0. The predicted octanol–water partition coefficient (Wildman–Crippen LogP) is 4.37. The van der Waals surface area contributed by atoms with Crippen molar-refractivity contribution in [1.82, 2.24) is 0 Å². The monoisotopic (exact) mass is 270 g/mol. The number of halogens is 2. The molecule has 0 aromatic heterocycles. The first-order valence-electron chi connectivity index (χ1n) is 5.24. The van der Waals surface area contributed by atoms with Crippen LogP contribution in [0.3, 0.4) is 0 Å². The largest absolute Gasteiger partial charge is 0.115 e. The SMILES string of the molecule is C#Cc1ccc(C#Cc2ccccc2)c(Cl)c1Cl. The number of hydrogen-bond acceptors (Lipinski definition) is 0. The van der Waals surface area contributed by atoms with E-state index in [2.05, 4.69) is 17.8 Å². The first-order valence-corrected chi connectivity index (χ1v) is 5.99. The Balaban J connectivity index is 2.41. The van der Waals surface area contributed by atoms with E-state index in [9.17, 15) is 0 Å². The van der Waals surface area contributed by atoms with E-state index < -0.39 is 0 Å². The Labute approximate surface area is 117 Å². The topological polar surface area (TPSA) is 0 Å². The molecule has 0 atom stereocenters. The molecule has 0 heterocycles. The van der Waals surface area contributed by atoms with Crippen LogP contribution in [0.5, 0.6) is 0 Å². The average Bonchev–Trinajstić information content (AvgIpc) is 2.42. The van der Waals surface area contributed by atoms with Gasteiger partial charge in [-0.25, -0.2) is 0 Å². The molecule has 0 fully saturated rings. The van der Waals surface area contributed by atoms with Crippen LogP contribution in [0.2, 0.25) is 10.0 Å². The van der Waals surface area contributed by atoms with Crippen molar-refractivity contribution in [2.45, 2.75) is 0 Å². The summed E-state index contributed by atoms with van der Waals surface area (Å²) in [6, 6.07) is 13.2. The third-order valence-electron chi connectivity index (χ3n) is 2.35. The second-order valence-corrected chi connectivity index (χ2v) is 4.30. The standard InChI is InChI=1S/C16H8Cl2/c1-2-13-10-11-14(16(18)15(13)17)9-8-12-6-4-3-5-7-12/h1,3-7,10-11H. The van der Waals surface area contributed by atoms with Gasteiger partial charge >= 0.3 is 0 Å². The summed E-state index contributed by atoms with van der Waals surface area (Å²) in [5.41, 5.74) is 2.17. The fourth-order valence-corrected chi connectivity index (χ4v) is 1.85. The predicted molar refractivity (Wildman–Crippen MR) is 76.8 cm³/mol. The summed E-state index contributed by atoms with van der Waals surface area (Å²) >= 11 is 12.2. The Kier molecular flexibility index (Phi) is 3.96. The summed E-state index contributed by atoms with van der Waals surface area (Å²) < 4.78 is 0. The number of benzene rings is 2. The Bertz CT molecular complexity index is 668. The summed E-state index contributed by atoms with van der Waals surface area (Å²) in [6.45, 7) is 0. The van der Waals surface area contributed by atoms with Crippen LogP contribution in [0.15, 0.2) is 42.5 Å². The summed E-state index contributed by atoms with van der Waals surface area (Å²) in [5, 5.41) is 0.773. The third-order valence-corrected chi connectivity index (χ3v) is 3.24. The summed E-state index contributed by atoms with van der Waals surface area (Å²) in [7, 11) is 0. The van der Waals surface area contributed by atoms with Crippen LogP contribution in [0.1, 0.15) is 16.7 Å². The molecule has 0 amide bonds. The molecule has 0 aliphatic rings. The van der Waals surface area contributed by atoms with Gasteiger partial charge in [0.15, 0.2) is 0 Å². The Morgan fingerprint density at radius 2 is 1.39 bits per heavy atom. The Morgan fingerprint density at radius 1 is 0.778 bits per heavy atom. The second kappa shape index (κ2) is 5.65. The molecular formula is C16H8Cl2. The molecule has 0 saturated heterocycles. The zero-order valence-electron chi connectivity index (χ0n) is 9.37.